The van der Waals surface area contributed by atoms with Crippen molar-refractivity contribution in [3.05, 3.63) is 62.3 Å². The maximum atomic E-state index is 13.7. The first-order valence-electron chi connectivity index (χ1n) is 5.98. The standard InChI is InChI=1S/C15H11BrClFO3/c1-8-4-10(16)5-12(15(19)20)14(8)21-7-9-2-3-11(17)6-13(9)18/h2-6H,7H2,1H3,(H,19,20). The second kappa shape index (κ2) is 6.45. The molecular formula is C15H11BrClFO3. The van der Waals surface area contributed by atoms with Crippen molar-refractivity contribution in [3.63, 3.8) is 0 Å². The Bertz CT molecular complexity index is 704. The first-order valence-corrected chi connectivity index (χ1v) is 7.15. The zero-order valence-electron chi connectivity index (χ0n) is 11.0. The Morgan fingerprint density at radius 1 is 1.38 bits per heavy atom. The number of benzene rings is 2. The molecule has 0 aromatic heterocycles. The lowest BCUT2D eigenvalue weighted by molar-refractivity contribution is 0.0691. The van der Waals surface area contributed by atoms with E-state index in [1.807, 2.05) is 0 Å². The number of ether oxygens (including phenoxy) is 1. The summed E-state index contributed by atoms with van der Waals surface area (Å²) in [6.45, 7) is 1.65. The highest BCUT2D eigenvalue weighted by Gasteiger charge is 2.16. The van der Waals surface area contributed by atoms with E-state index in [1.54, 1.807) is 19.1 Å². The van der Waals surface area contributed by atoms with Gasteiger partial charge >= 0.3 is 5.97 Å². The number of hydrogen-bond donors (Lipinski definition) is 1. The lowest BCUT2D eigenvalue weighted by Gasteiger charge is -2.13. The molecule has 0 saturated heterocycles. The number of halogens is 3. The molecule has 0 radical (unpaired) electrons. The van der Waals surface area contributed by atoms with Crippen LogP contribution in [0.15, 0.2) is 34.8 Å². The molecule has 0 bridgehead atoms. The average molecular weight is 374 g/mol. The topological polar surface area (TPSA) is 46.5 Å². The first kappa shape index (κ1) is 15.8. The minimum absolute atomic E-state index is 0.0243. The normalized spacial score (nSPS) is 10.5. The second-order valence-corrected chi connectivity index (χ2v) is 5.78. The number of hydrogen-bond acceptors (Lipinski definition) is 2. The second-order valence-electron chi connectivity index (χ2n) is 4.43. The number of aromatic carboxylic acids is 1. The Kier molecular flexibility index (Phi) is 4.85. The number of aryl methyl sites for hydroxylation is 1. The van der Waals surface area contributed by atoms with Gasteiger partial charge in [0.1, 0.15) is 23.7 Å². The molecule has 0 fully saturated rings. The molecule has 3 nitrogen and oxygen atoms in total. The fraction of sp³-hybridized carbons (Fsp3) is 0.133. The van der Waals surface area contributed by atoms with Crippen LogP contribution in [0.25, 0.3) is 0 Å². The molecule has 2 aromatic carbocycles. The van der Waals surface area contributed by atoms with Crippen LogP contribution in [0.3, 0.4) is 0 Å². The quantitative estimate of drug-likeness (QED) is 0.835. The van der Waals surface area contributed by atoms with Crippen molar-refractivity contribution in [2.45, 2.75) is 13.5 Å². The van der Waals surface area contributed by atoms with Crippen molar-refractivity contribution in [1.82, 2.24) is 0 Å². The van der Waals surface area contributed by atoms with Crippen LogP contribution in [0.4, 0.5) is 4.39 Å². The van der Waals surface area contributed by atoms with Crippen molar-refractivity contribution < 1.29 is 19.0 Å². The minimum atomic E-state index is -1.11. The van der Waals surface area contributed by atoms with E-state index in [4.69, 9.17) is 16.3 Å². The van der Waals surface area contributed by atoms with Crippen molar-refractivity contribution in [3.8, 4) is 5.75 Å². The van der Waals surface area contributed by atoms with Gasteiger partial charge in [0.15, 0.2) is 0 Å². The fourth-order valence-electron chi connectivity index (χ4n) is 1.87. The molecular weight excluding hydrogens is 363 g/mol. The first-order chi connectivity index (χ1) is 9.88. The van der Waals surface area contributed by atoms with Crippen LogP contribution in [0, 0.1) is 12.7 Å². The van der Waals surface area contributed by atoms with Gasteiger partial charge in [0.2, 0.25) is 0 Å². The fourth-order valence-corrected chi connectivity index (χ4v) is 2.60. The van der Waals surface area contributed by atoms with Gasteiger partial charge in [-0.25, -0.2) is 9.18 Å². The molecule has 6 heteroatoms. The van der Waals surface area contributed by atoms with E-state index in [9.17, 15) is 14.3 Å². The number of carboxylic acid groups (broad SMARTS) is 1. The van der Waals surface area contributed by atoms with Crippen molar-refractivity contribution in [1.29, 1.82) is 0 Å². The maximum absolute atomic E-state index is 13.7. The molecule has 0 amide bonds. The van der Waals surface area contributed by atoms with Crippen LogP contribution < -0.4 is 4.74 Å². The molecule has 0 aliphatic rings. The molecule has 0 spiro atoms. The molecule has 2 aromatic rings. The Hall–Kier alpha value is -1.59. The minimum Gasteiger partial charge on any atom is -0.488 e. The molecule has 0 heterocycles. The van der Waals surface area contributed by atoms with E-state index in [1.165, 1.54) is 18.2 Å². The summed E-state index contributed by atoms with van der Waals surface area (Å²) in [7, 11) is 0. The van der Waals surface area contributed by atoms with Gasteiger partial charge in [-0.15, -0.1) is 0 Å². The average Bonchev–Trinajstić information content (AvgIpc) is 2.38. The molecule has 0 aliphatic heterocycles. The summed E-state index contributed by atoms with van der Waals surface area (Å²) < 4.78 is 19.8. The molecule has 0 saturated carbocycles. The maximum Gasteiger partial charge on any atom is 0.339 e. The van der Waals surface area contributed by atoms with E-state index in [0.717, 1.165) is 0 Å². The number of carbonyl (C=O) groups is 1. The van der Waals surface area contributed by atoms with Crippen LogP contribution in [-0.4, -0.2) is 11.1 Å². The summed E-state index contributed by atoms with van der Waals surface area (Å²) in [6, 6.07) is 7.43. The zero-order valence-corrected chi connectivity index (χ0v) is 13.3. The lowest BCUT2D eigenvalue weighted by atomic mass is 10.1. The van der Waals surface area contributed by atoms with E-state index >= 15 is 0 Å². The van der Waals surface area contributed by atoms with E-state index in [0.29, 0.717) is 20.6 Å². The third-order valence-corrected chi connectivity index (χ3v) is 3.55. The Balaban J connectivity index is 2.29. The van der Waals surface area contributed by atoms with Crippen LogP contribution in [0.5, 0.6) is 5.75 Å². The summed E-state index contributed by atoms with van der Waals surface area (Å²) >= 11 is 8.92. The number of rotatable bonds is 4. The van der Waals surface area contributed by atoms with Crippen LogP contribution in [0.1, 0.15) is 21.5 Å². The third kappa shape index (κ3) is 3.74. The molecule has 0 unspecified atom stereocenters. The van der Waals surface area contributed by atoms with Crippen LogP contribution in [0.2, 0.25) is 5.02 Å². The highest BCUT2D eigenvalue weighted by Crippen LogP contribution is 2.29. The van der Waals surface area contributed by atoms with Crippen molar-refractivity contribution >= 4 is 33.5 Å². The lowest BCUT2D eigenvalue weighted by Crippen LogP contribution is -2.06. The van der Waals surface area contributed by atoms with Crippen molar-refractivity contribution in [2.24, 2.45) is 0 Å². The molecule has 110 valence electrons. The van der Waals surface area contributed by atoms with Gasteiger partial charge < -0.3 is 9.84 Å². The largest absolute Gasteiger partial charge is 0.488 e. The summed E-state index contributed by atoms with van der Waals surface area (Å²) in [6.07, 6.45) is 0. The van der Waals surface area contributed by atoms with Gasteiger partial charge in [0, 0.05) is 15.1 Å². The number of carboxylic acids is 1. The molecule has 0 aliphatic carbocycles. The van der Waals surface area contributed by atoms with E-state index in [-0.39, 0.29) is 17.9 Å². The predicted molar refractivity (Wildman–Crippen MR) is 81.6 cm³/mol. The summed E-state index contributed by atoms with van der Waals surface area (Å²) in [5.41, 5.74) is 0.977. The van der Waals surface area contributed by atoms with E-state index < -0.39 is 11.8 Å². The van der Waals surface area contributed by atoms with Gasteiger partial charge in [-0.2, -0.15) is 0 Å². The Labute approximate surface area is 134 Å². The third-order valence-electron chi connectivity index (χ3n) is 2.86. The Morgan fingerprint density at radius 3 is 2.71 bits per heavy atom. The summed E-state index contributed by atoms with van der Waals surface area (Å²) in [5.74, 6) is -1.37. The van der Waals surface area contributed by atoms with Gasteiger partial charge in [-0.3, -0.25) is 0 Å². The van der Waals surface area contributed by atoms with Gasteiger partial charge in [0.25, 0.3) is 0 Å². The Morgan fingerprint density at radius 2 is 2.10 bits per heavy atom. The molecule has 2 rings (SSSR count). The molecule has 21 heavy (non-hydrogen) atoms. The summed E-state index contributed by atoms with van der Waals surface area (Å²) in [5, 5.41) is 9.50. The van der Waals surface area contributed by atoms with Gasteiger partial charge in [0.05, 0.1) is 0 Å². The van der Waals surface area contributed by atoms with Gasteiger partial charge in [-0.1, -0.05) is 33.6 Å². The van der Waals surface area contributed by atoms with Crippen molar-refractivity contribution in [2.75, 3.05) is 0 Å². The smallest absolute Gasteiger partial charge is 0.339 e. The molecule has 1 N–H and O–H groups in total. The van der Waals surface area contributed by atoms with E-state index in [2.05, 4.69) is 15.9 Å². The zero-order chi connectivity index (χ0) is 15.6. The van der Waals surface area contributed by atoms with Crippen LogP contribution >= 0.6 is 27.5 Å². The molecule has 0 atom stereocenters. The highest BCUT2D eigenvalue weighted by molar-refractivity contribution is 9.10. The predicted octanol–water partition coefficient (Wildman–Crippen LogP) is 4.83. The SMILES string of the molecule is Cc1cc(Br)cc(C(=O)O)c1OCc1ccc(Cl)cc1F. The van der Waals surface area contributed by atoms with Crippen LogP contribution in [-0.2, 0) is 6.61 Å². The van der Waals surface area contributed by atoms with Gasteiger partial charge in [-0.05, 0) is 36.8 Å². The monoisotopic (exact) mass is 372 g/mol. The summed E-state index contributed by atoms with van der Waals surface area (Å²) in [4.78, 5) is 11.3. The highest BCUT2D eigenvalue weighted by atomic mass is 79.9.